The molecule has 0 bridgehead atoms. The second-order valence-corrected chi connectivity index (χ2v) is 3.75. The minimum absolute atomic E-state index is 0.777. The molecule has 0 aliphatic rings. The predicted molar refractivity (Wildman–Crippen MR) is 61.7 cm³/mol. The fraction of sp³-hybridized carbons (Fsp3) is 0.167. The van der Waals surface area contributed by atoms with E-state index in [-0.39, 0.29) is 0 Å². The molecule has 0 fully saturated rings. The van der Waals surface area contributed by atoms with Gasteiger partial charge in [0.2, 0.25) is 0 Å². The molecule has 2 rings (SSSR count). The molecule has 77 valence electrons. The Hall–Kier alpha value is -1.28. The Morgan fingerprint density at radius 1 is 1.27 bits per heavy atom. The first-order chi connectivity index (χ1) is 7.34. The molecule has 0 atom stereocenters. The first-order valence-electron chi connectivity index (χ1n) is 4.91. The third-order valence-electron chi connectivity index (χ3n) is 2.17. The average Bonchev–Trinajstić information content (AvgIpc) is 2.74. The minimum Gasteiger partial charge on any atom is -0.273 e. The Morgan fingerprint density at radius 3 is 2.73 bits per heavy atom. The standard InChI is InChI=1S/C12H12ClN2/c13-12-6-4-11(5-7-12)3-1-9-15-10-2-8-14-15/h2-8,10H,1,9H2. The van der Waals surface area contributed by atoms with Crippen molar-refractivity contribution in [2.75, 3.05) is 0 Å². The zero-order valence-corrected chi connectivity index (χ0v) is 9.06. The summed E-state index contributed by atoms with van der Waals surface area (Å²) in [5, 5.41) is 4.91. The molecule has 0 spiro atoms. The van der Waals surface area contributed by atoms with Crippen molar-refractivity contribution in [2.45, 2.75) is 13.0 Å². The molecule has 0 aliphatic heterocycles. The van der Waals surface area contributed by atoms with Crippen LogP contribution in [0.1, 0.15) is 12.0 Å². The quantitative estimate of drug-likeness (QED) is 0.773. The molecule has 1 heterocycles. The van der Waals surface area contributed by atoms with Gasteiger partial charge in [0, 0.05) is 24.0 Å². The average molecular weight is 220 g/mol. The fourth-order valence-electron chi connectivity index (χ4n) is 1.40. The largest absolute Gasteiger partial charge is 0.273 e. The van der Waals surface area contributed by atoms with E-state index in [0.29, 0.717) is 0 Å². The van der Waals surface area contributed by atoms with Crippen LogP contribution in [-0.2, 0) is 6.54 Å². The van der Waals surface area contributed by atoms with E-state index in [4.69, 9.17) is 11.6 Å². The molecule has 3 heteroatoms. The van der Waals surface area contributed by atoms with Gasteiger partial charge in [-0.3, -0.25) is 4.68 Å². The minimum atomic E-state index is 0.777. The summed E-state index contributed by atoms with van der Waals surface area (Å²) >= 11 is 5.80. The monoisotopic (exact) mass is 219 g/mol. The van der Waals surface area contributed by atoms with Gasteiger partial charge in [-0.25, -0.2) is 0 Å². The Labute approximate surface area is 94.5 Å². The van der Waals surface area contributed by atoms with Crippen LogP contribution in [0.3, 0.4) is 0 Å². The Balaban J connectivity index is 1.81. The first kappa shape index (κ1) is 10.2. The lowest BCUT2D eigenvalue weighted by atomic mass is 10.1. The van der Waals surface area contributed by atoms with Gasteiger partial charge in [-0.15, -0.1) is 0 Å². The first-order valence-corrected chi connectivity index (χ1v) is 5.28. The lowest BCUT2D eigenvalue weighted by molar-refractivity contribution is 0.613. The molecule has 2 nitrogen and oxygen atoms in total. The second-order valence-electron chi connectivity index (χ2n) is 3.31. The molecule has 0 unspecified atom stereocenters. The van der Waals surface area contributed by atoms with Crippen LogP contribution < -0.4 is 0 Å². The number of hydrogen-bond donors (Lipinski definition) is 0. The maximum Gasteiger partial charge on any atom is 0.0489 e. The van der Waals surface area contributed by atoms with E-state index in [9.17, 15) is 0 Å². The van der Waals surface area contributed by atoms with Crippen LogP contribution in [0.2, 0.25) is 5.02 Å². The van der Waals surface area contributed by atoms with Crippen molar-refractivity contribution in [2.24, 2.45) is 0 Å². The van der Waals surface area contributed by atoms with Crippen molar-refractivity contribution < 1.29 is 0 Å². The number of nitrogens with zero attached hydrogens (tertiary/aromatic N) is 2. The molecule has 0 N–H and O–H groups in total. The summed E-state index contributed by atoms with van der Waals surface area (Å²) in [6, 6.07) is 9.78. The van der Waals surface area contributed by atoms with Crippen LogP contribution in [0.25, 0.3) is 0 Å². The molecule has 15 heavy (non-hydrogen) atoms. The number of aromatic nitrogens is 2. The number of aryl methyl sites for hydroxylation is 1. The highest BCUT2D eigenvalue weighted by Crippen LogP contribution is 2.12. The van der Waals surface area contributed by atoms with Crippen molar-refractivity contribution in [3.05, 3.63) is 59.7 Å². The van der Waals surface area contributed by atoms with Crippen LogP contribution in [0.5, 0.6) is 0 Å². The summed E-state index contributed by atoms with van der Waals surface area (Å²) in [4.78, 5) is 0. The van der Waals surface area contributed by atoms with Crippen LogP contribution in [0.15, 0.2) is 42.7 Å². The van der Waals surface area contributed by atoms with E-state index >= 15 is 0 Å². The number of benzene rings is 1. The normalized spacial score (nSPS) is 10.5. The van der Waals surface area contributed by atoms with Gasteiger partial charge >= 0.3 is 0 Å². The van der Waals surface area contributed by atoms with Crippen molar-refractivity contribution in [3.8, 4) is 0 Å². The number of hydrogen-bond acceptors (Lipinski definition) is 1. The maximum atomic E-state index is 5.80. The topological polar surface area (TPSA) is 17.8 Å². The highest BCUT2D eigenvalue weighted by Gasteiger charge is 1.95. The summed E-state index contributed by atoms with van der Waals surface area (Å²) in [6.07, 6.45) is 6.92. The van der Waals surface area contributed by atoms with Gasteiger partial charge in [-0.05, 0) is 36.6 Å². The summed E-state index contributed by atoms with van der Waals surface area (Å²) in [5.41, 5.74) is 1.20. The zero-order chi connectivity index (χ0) is 10.5. The Bertz CT molecular complexity index is 392. The molecule has 1 aromatic carbocycles. The van der Waals surface area contributed by atoms with Gasteiger partial charge in [-0.2, -0.15) is 5.10 Å². The van der Waals surface area contributed by atoms with Gasteiger partial charge < -0.3 is 0 Å². The van der Waals surface area contributed by atoms with Gasteiger partial charge in [0.25, 0.3) is 0 Å². The van der Waals surface area contributed by atoms with Crippen LogP contribution in [0, 0.1) is 6.42 Å². The van der Waals surface area contributed by atoms with Crippen LogP contribution >= 0.6 is 11.6 Å². The third kappa shape index (κ3) is 3.10. The SMILES string of the molecule is Clc1ccc([CH]CCn2cccn2)cc1. The van der Waals surface area contributed by atoms with Gasteiger partial charge in [0.1, 0.15) is 0 Å². The zero-order valence-electron chi connectivity index (χ0n) is 8.31. The number of rotatable bonds is 4. The van der Waals surface area contributed by atoms with E-state index in [1.165, 1.54) is 5.56 Å². The van der Waals surface area contributed by atoms with Crippen molar-refractivity contribution >= 4 is 11.6 Å². The van der Waals surface area contributed by atoms with Gasteiger partial charge in [-0.1, -0.05) is 23.7 Å². The van der Waals surface area contributed by atoms with Crippen LogP contribution in [0.4, 0.5) is 0 Å². The smallest absolute Gasteiger partial charge is 0.0489 e. The molecule has 1 aromatic heterocycles. The summed E-state index contributed by atoms with van der Waals surface area (Å²) < 4.78 is 1.92. The summed E-state index contributed by atoms with van der Waals surface area (Å²) in [5.74, 6) is 0. The van der Waals surface area contributed by atoms with Crippen molar-refractivity contribution in [3.63, 3.8) is 0 Å². The molecule has 0 amide bonds. The van der Waals surface area contributed by atoms with E-state index < -0.39 is 0 Å². The molecule has 2 aromatic rings. The van der Waals surface area contributed by atoms with Gasteiger partial charge in [0.15, 0.2) is 0 Å². The second kappa shape index (κ2) is 4.99. The fourth-order valence-corrected chi connectivity index (χ4v) is 1.52. The molecule has 1 radical (unpaired) electrons. The highest BCUT2D eigenvalue weighted by molar-refractivity contribution is 6.30. The molecular formula is C12H12ClN2. The molecule has 0 saturated carbocycles. The molecule has 0 saturated heterocycles. The van der Waals surface area contributed by atoms with Crippen molar-refractivity contribution in [1.29, 1.82) is 0 Å². The van der Waals surface area contributed by atoms with E-state index in [1.54, 1.807) is 6.20 Å². The van der Waals surface area contributed by atoms with Crippen molar-refractivity contribution in [1.82, 2.24) is 9.78 Å². The van der Waals surface area contributed by atoms with Crippen LogP contribution in [-0.4, -0.2) is 9.78 Å². The lowest BCUT2D eigenvalue weighted by Gasteiger charge is -2.01. The highest BCUT2D eigenvalue weighted by atomic mass is 35.5. The number of halogens is 1. The van der Waals surface area contributed by atoms with Gasteiger partial charge in [0.05, 0.1) is 0 Å². The predicted octanol–water partition coefficient (Wildman–Crippen LogP) is 3.18. The van der Waals surface area contributed by atoms with E-state index in [0.717, 1.165) is 18.0 Å². The van der Waals surface area contributed by atoms with E-state index in [1.807, 2.05) is 41.2 Å². The molecular weight excluding hydrogens is 208 g/mol. The third-order valence-corrected chi connectivity index (χ3v) is 2.42. The lowest BCUT2D eigenvalue weighted by Crippen LogP contribution is -1.98. The molecule has 0 aliphatic carbocycles. The Morgan fingerprint density at radius 2 is 2.07 bits per heavy atom. The summed E-state index contributed by atoms with van der Waals surface area (Å²) in [6.45, 7) is 0.912. The summed E-state index contributed by atoms with van der Waals surface area (Å²) in [7, 11) is 0. The Kier molecular flexibility index (Phi) is 3.41. The van der Waals surface area contributed by atoms with E-state index in [2.05, 4.69) is 11.5 Å². The maximum absolute atomic E-state index is 5.80.